The predicted octanol–water partition coefficient (Wildman–Crippen LogP) is 2.92. The van der Waals surface area contributed by atoms with Crippen LogP contribution in [-0.4, -0.2) is 67.0 Å². The summed E-state index contributed by atoms with van der Waals surface area (Å²) in [5.41, 5.74) is 0. The second kappa shape index (κ2) is 10.3. The number of nitrogens with zero attached hydrogens (tertiary/aromatic N) is 4. The molecule has 2 aromatic rings. The zero-order valence-electron chi connectivity index (χ0n) is 18.0. The molecule has 1 amide bonds. The Hall–Kier alpha value is -3.03. The Morgan fingerprint density at radius 3 is 2.48 bits per heavy atom. The Balaban J connectivity index is 1.22. The molecule has 0 spiro atoms. The Morgan fingerprint density at radius 2 is 1.77 bits per heavy atom. The quantitative estimate of drug-likeness (QED) is 0.674. The maximum absolute atomic E-state index is 12.5. The number of anilines is 1. The van der Waals surface area contributed by atoms with Crippen LogP contribution in [0.25, 0.3) is 0 Å². The van der Waals surface area contributed by atoms with E-state index >= 15 is 0 Å². The highest BCUT2D eigenvalue weighted by Gasteiger charge is 2.23. The lowest BCUT2D eigenvalue weighted by molar-refractivity contribution is -0.133. The van der Waals surface area contributed by atoms with Crippen LogP contribution in [0.15, 0.2) is 36.4 Å². The molecule has 2 heterocycles. The highest BCUT2D eigenvalue weighted by Crippen LogP contribution is 2.23. The lowest BCUT2D eigenvalue weighted by Gasteiger charge is -2.35. The van der Waals surface area contributed by atoms with Crippen LogP contribution in [0.4, 0.5) is 5.82 Å². The van der Waals surface area contributed by atoms with E-state index in [4.69, 9.17) is 14.2 Å². The molecule has 1 saturated heterocycles. The molecule has 0 bridgehead atoms. The van der Waals surface area contributed by atoms with E-state index < -0.39 is 0 Å². The molecule has 0 N–H and O–H groups in total. The van der Waals surface area contributed by atoms with Crippen LogP contribution in [0.2, 0.25) is 0 Å². The largest absolute Gasteiger partial charge is 0.497 e. The van der Waals surface area contributed by atoms with E-state index in [9.17, 15) is 4.79 Å². The fraction of sp³-hybridized carbons (Fsp3) is 0.522. The van der Waals surface area contributed by atoms with Gasteiger partial charge in [-0.05, 0) is 43.9 Å². The van der Waals surface area contributed by atoms with E-state index in [1.54, 1.807) is 13.2 Å². The van der Waals surface area contributed by atoms with E-state index in [-0.39, 0.29) is 18.6 Å². The molecule has 4 rings (SSSR count). The van der Waals surface area contributed by atoms with Gasteiger partial charge in [0.25, 0.3) is 5.91 Å². The molecule has 1 aromatic heterocycles. The van der Waals surface area contributed by atoms with E-state index in [0.717, 1.165) is 18.7 Å². The van der Waals surface area contributed by atoms with E-state index in [0.29, 0.717) is 43.6 Å². The maximum atomic E-state index is 12.5. The standard InChI is InChI=1S/C23H30N4O4/c1-29-19-8-5-9-20(16-19)30-17-23(28)27-14-12-26(13-15-27)21-10-11-22(25-24-21)31-18-6-3-2-4-7-18/h5,8-11,16,18H,2-4,6-7,12-15,17H2,1H3. The Morgan fingerprint density at radius 1 is 1.00 bits per heavy atom. The molecule has 1 saturated carbocycles. The first-order chi connectivity index (χ1) is 15.2. The molecule has 2 fully saturated rings. The van der Waals surface area contributed by atoms with Crippen LogP contribution in [-0.2, 0) is 4.79 Å². The van der Waals surface area contributed by atoms with E-state index in [1.807, 2.05) is 35.2 Å². The molecule has 1 aromatic carbocycles. The number of amides is 1. The number of aromatic nitrogens is 2. The molecule has 8 heteroatoms. The Bertz CT molecular complexity index is 847. The SMILES string of the molecule is COc1cccc(OCC(=O)N2CCN(c3ccc(OC4CCCCC4)nn3)CC2)c1. The van der Waals surface area contributed by atoms with Crippen molar-refractivity contribution in [3.8, 4) is 17.4 Å². The molecule has 0 unspecified atom stereocenters. The lowest BCUT2D eigenvalue weighted by atomic mass is 9.98. The first kappa shape index (κ1) is 21.2. The molecule has 1 aliphatic carbocycles. The molecular weight excluding hydrogens is 396 g/mol. The molecule has 8 nitrogen and oxygen atoms in total. The normalized spacial score (nSPS) is 17.3. The van der Waals surface area contributed by atoms with Crippen LogP contribution in [0.1, 0.15) is 32.1 Å². The first-order valence-electron chi connectivity index (χ1n) is 11.0. The van der Waals surface area contributed by atoms with Crippen LogP contribution < -0.4 is 19.1 Å². The number of hydrogen-bond acceptors (Lipinski definition) is 7. The van der Waals surface area contributed by atoms with Crippen molar-refractivity contribution in [3.63, 3.8) is 0 Å². The van der Waals surface area contributed by atoms with Gasteiger partial charge in [0.15, 0.2) is 12.4 Å². The summed E-state index contributed by atoms with van der Waals surface area (Å²) >= 11 is 0. The lowest BCUT2D eigenvalue weighted by Crippen LogP contribution is -2.50. The number of carbonyl (C=O) groups excluding carboxylic acids is 1. The summed E-state index contributed by atoms with van der Waals surface area (Å²) in [6.45, 7) is 2.69. The maximum Gasteiger partial charge on any atom is 0.260 e. The van der Waals surface area contributed by atoms with Gasteiger partial charge in [0.2, 0.25) is 5.88 Å². The van der Waals surface area contributed by atoms with Gasteiger partial charge in [-0.15, -0.1) is 10.2 Å². The van der Waals surface area contributed by atoms with Gasteiger partial charge < -0.3 is 24.0 Å². The number of hydrogen-bond donors (Lipinski definition) is 0. The summed E-state index contributed by atoms with van der Waals surface area (Å²) in [6.07, 6.45) is 6.21. The van der Waals surface area contributed by atoms with Gasteiger partial charge in [-0.25, -0.2) is 0 Å². The van der Waals surface area contributed by atoms with E-state index in [2.05, 4.69) is 15.1 Å². The fourth-order valence-corrected chi connectivity index (χ4v) is 4.01. The number of ether oxygens (including phenoxy) is 3. The summed E-state index contributed by atoms with van der Waals surface area (Å²) in [6, 6.07) is 11.1. The zero-order valence-corrected chi connectivity index (χ0v) is 18.0. The molecule has 31 heavy (non-hydrogen) atoms. The van der Waals surface area contributed by atoms with Crippen molar-refractivity contribution in [1.29, 1.82) is 0 Å². The number of methoxy groups -OCH3 is 1. The number of benzene rings is 1. The number of carbonyl (C=O) groups is 1. The monoisotopic (exact) mass is 426 g/mol. The minimum atomic E-state index is -0.0233. The Labute approximate surface area is 183 Å². The third kappa shape index (κ3) is 5.77. The zero-order chi connectivity index (χ0) is 21.5. The van der Waals surface area contributed by atoms with Crippen molar-refractivity contribution >= 4 is 11.7 Å². The van der Waals surface area contributed by atoms with Crippen molar-refractivity contribution in [2.75, 3.05) is 44.8 Å². The summed E-state index contributed by atoms with van der Waals surface area (Å²) in [5.74, 6) is 2.71. The minimum absolute atomic E-state index is 0.0141. The average molecular weight is 427 g/mol. The number of rotatable bonds is 7. The highest BCUT2D eigenvalue weighted by atomic mass is 16.5. The fourth-order valence-electron chi connectivity index (χ4n) is 4.01. The third-order valence-electron chi connectivity index (χ3n) is 5.83. The van der Waals surface area contributed by atoms with Gasteiger partial charge in [-0.3, -0.25) is 4.79 Å². The van der Waals surface area contributed by atoms with Gasteiger partial charge in [0.1, 0.15) is 17.6 Å². The van der Waals surface area contributed by atoms with Gasteiger partial charge in [-0.1, -0.05) is 12.5 Å². The summed E-state index contributed by atoms with van der Waals surface area (Å²) in [5, 5.41) is 8.60. The average Bonchev–Trinajstić information content (AvgIpc) is 2.84. The topological polar surface area (TPSA) is 77.0 Å². The molecule has 2 aliphatic rings. The predicted molar refractivity (Wildman–Crippen MR) is 117 cm³/mol. The second-order valence-electron chi connectivity index (χ2n) is 7.94. The summed E-state index contributed by atoms with van der Waals surface area (Å²) in [7, 11) is 1.60. The van der Waals surface area contributed by atoms with Crippen molar-refractivity contribution in [2.24, 2.45) is 0 Å². The van der Waals surface area contributed by atoms with Crippen LogP contribution in [0.3, 0.4) is 0 Å². The smallest absolute Gasteiger partial charge is 0.260 e. The minimum Gasteiger partial charge on any atom is -0.497 e. The molecular formula is C23H30N4O4. The summed E-state index contributed by atoms with van der Waals surface area (Å²) in [4.78, 5) is 16.5. The Kier molecular flexibility index (Phi) is 7.07. The van der Waals surface area contributed by atoms with Crippen molar-refractivity contribution < 1.29 is 19.0 Å². The van der Waals surface area contributed by atoms with E-state index in [1.165, 1.54) is 19.3 Å². The van der Waals surface area contributed by atoms with Crippen molar-refractivity contribution in [1.82, 2.24) is 15.1 Å². The summed E-state index contributed by atoms with van der Waals surface area (Å²) < 4.78 is 16.8. The molecule has 1 aliphatic heterocycles. The van der Waals surface area contributed by atoms with Gasteiger partial charge in [-0.2, -0.15) is 0 Å². The van der Waals surface area contributed by atoms with Gasteiger partial charge >= 0.3 is 0 Å². The van der Waals surface area contributed by atoms with Crippen LogP contribution >= 0.6 is 0 Å². The van der Waals surface area contributed by atoms with Crippen molar-refractivity contribution in [2.45, 2.75) is 38.2 Å². The second-order valence-corrected chi connectivity index (χ2v) is 7.94. The number of piperazine rings is 1. The molecule has 166 valence electrons. The van der Waals surface area contributed by atoms with Crippen LogP contribution in [0, 0.1) is 0 Å². The van der Waals surface area contributed by atoms with Crippen LogP contribution in [0.5, 0.6) is 17.4 Å². The molecule has 0 radical (unpaired) electrons. The first-order valence-corrected chi connectivity index (χ1v) is 11.0. The third-order valence-corrected chi connectivity index (χ3v) is 5.83. The highest BCUT2D eigenvalue weighted by molar-refractivity contribution is 5.78. The van der Waals surface area contributed by atoms with Gasteiger partial charge in [0, 0.05) is 38.3 Å². The van der Waals surface area contributed by atoms with Gasteiger partial charge in [0.05, 0.1) is 7.11 Å². The molecule has 0 atom stereocenters. The van der Waals surface area contributed by atoms with Crippen molar-refractivity contribution in [3.05, 3.63) is 36.4 Å².